The van der Waals surface area contributed by atoms with Gasteiger partial charge in [0.1, 0.15) is 16.5 Å². The minimum atomic E-state index is -3.69. The van der Waals surface area contributed by atoms with Crippen molar-refractivity contribution in [3.63, 3.8) is 0 Å². The molecule has 0 bridgehead atoms. The Morgan fingerprint density at radius 1 is 1.29 bits per heavy atom. The molecule has 0 spiro atoms. The van der Waals surface area contributed by atoms with Gasteiger partial charge < -0.3 is 0 Å². The zero-order chi connectivity index (χ0) is 10.9. The van der Waals surface area contributed by atoms with E-state index in [4.69, 9.17) is 11.6 Å². The van der Waals surface area contributed by atoms with Crippen LogP contribution in [0.1, 0.15) is 6.92 Å². The van der Waals surface area contributed by atoms with Crippen molar-refractivity contribution in [3.05, 3.63) is 28.8 Å². The van der Waals surface area contributed by atoms with Crippen molar-refractivity contribution in [2.45, 2.75) is 11.8 Å². The van der Waals surface area contributed by atoms with Gasteiger partial charge in [-0.2, -0.15) is 0 Å². The summed E-state index contributed by atoms with van der Waals surface area (Å²) in [6.07, 6.45) is 0. The molecule has 0 N–H and O–H groups in total. The maximum atomic E-state index is 13.0. The third kappa shape index (κ3) is 2.04. The summed E-state index contributed by atoms with van der Waals surface area (Å²) in [7, 11) is -3.69. The van der Waals surface area contributed by atoms with Crippen molar-refractivity contribution >= 4 is 21.4 Å². The van der Waals surface area contributed by atoms with Crippen molar-refractivity contribution in [1.82, 2.24) is 0 Å². The predicted molar refractivity (Wildman–Crippen MR) is 49.1 cm³/mol. The Labute approximate surface area is 85.4 Å². The van der Waals surface area contributed by atoms with E-state index in [9.17, 15) is 17.2 Å². The zero-order valence-corrected chi connectivity index (χ0v) is 8.79. The lowest BCUT2D eigenvalue weighted by molar-refractivity contribution is 0.549. The van der Waals surface area contributed by atoms with Gasteiger partial charge in [0.05, 0.1) is 10.8 Å². The first-order valence-electron chi connectivity index (χ1n) is 3.75. The second kappa shape index (κ2) is 3.82. The van der Waals surface area contributed by atoms with Crippen LogP contribution in [-0.4, -0.2) is 14.2 Å². The summed E-state index contributed by atoms with van der Waals surface area (Å²) in [5.74, 6) is -2.35. The smallest absolute Gasteiger partial charge is 0.181 e. The summed E-state index contributed by atoms with van der Waals surface area (Å²) >= 11 is 5.34. The monoisotopic (exact) mass is 240 g/mol. The van der Waals surface area contributed by atoms with E-state index >= 15 is 0 Å². The average molecular weight is 241 g/mol. The fourth-order valence-electron chi connectivity index (χ4n) is 0.898. The summed E-state index contributed by atoms with van der Waals surface area (Å²) in [5, 5.41) is -0.404. The molecule has 78 valence electrons. The van der Waals surface area contributed by atoms with Gasteiger partial charge in [-0.1, -0.05) is 18.5 Å². The molecule has 0 radical (unpaired) electrons. The van der Waals surface area contributed by atoms with E-state index in [0.717, 1.165) is 6.07 Å². The van der Waals surface area contributed by atoms with E-state index in [-0.39, 0.29) is 5.75 Å². The second-order valence-corrected chi connectivity index (χ2v) is 5.25. The Hall–Kier alpha value is -0.680. The summed E-state index contributed by atoms with van der Waals surface area (Å²) in [5.41, 5.74) is 0. The SMILES string of the molecule is CCS(=O)(=O)c1cc(Cl)c(F)cc1F. The van der Waals surface area contributed by atoms with Gasteiger partial charge in [-0.15, -0.1) is 0 Å². The largest absolute Gasteiger partial charge is 0.224 e. The maximum absolute atomic E-state index is 13.0. The summed E-state index contributed by atoms with van der Waals surface area (Å²) in [4.78, 5) is -0.564. The van der Waals surface area contributed by atoms with Crippen LogP contribution < -0.4 is 0 Å². The van der Waals surface area contributed by atoms with Crippen molar-refractivity contribution in [3.8, 4) is 0 Å². The Morgan fingerprint density at radius 3 is 2.36 bits per heavy atom. The fraction of sp³-hybridized carbons (Fsp3) is 0.250. The molecule has 0 fully saturated rings. The van der Waals surface area contributed by atoms with E-state index in [1.807, 2.05) is 0 Å². The first kappa shape index (κ1) is 11.4. The molecule has 0 aliphatic carbocycles. The van der Waals surface area contributed by atoms with Crippen LogP contribution in [0.15, 0.2) is 17.0 Å². The zero-order valence-electron chi connectivity index (χ0n) is 7.22. The van der Waals surface area contributed by atoms with Crippen LogP contribution >= 0.6 is 11.6 Å². The van der Waals surface area contributed by atoms with Crippen LogP contribution in [0.25, 0.3) is 0 Å². The van der Waals surface area contributed by atoms with Crippen molar-refractivity contribution in [1.29, 1.82) is 0 Å². The highest BCUT2D eigenvalue weighted by Crippen LogP contribution is 2.23. The molecule has 0 saturated carbocycles. The Balaban J connectivity index is 3.45. The predicted octanol–water partition coefficient (Wildman–Crippen LogP) is 2.41. The standard InChI is InChI=1S/C8H7ClF2O2S/c1-2-14(12,13)8-3-5(9)6(10)4-7(8)11/h3-4H,2H2,1H3. The molecular weight excluding hydrogens is 234 g/mol. The Bertz CT molecular complexity index is 457. The molecule has 1 rings (SSSR count). The third-order valence-corrected chi connectivity index (χ3v) is 3.72. The molecule has 0 unspecified atom stereocenters. The molecule has 0 atom stereocenters. The molecule has 14 heavy (non-hydrogen) atoms. The first-order chi connectivity index (χ1) is 6.38. The molecule has 1 aromatic carbocycles. The molecular formula is C8H7ClF2O2S. The number of hydrogen-bond donors (Lipinski definition) is 0. The van der Waals surface area contributed by atoms with Crippen LogP contribution in [0.3, 0.4) is 0 Å². The van der Waals surface area contributed by atoms with E-state index in [1.54, 1.807) is 0 Å². The van der Waals surface area contributed by atoms with Gasteiger partial charge in [0.15, 0.2) is 9.84 Å². The first-order valence-corrected chi connectivity index (χ1v) is 5.79. The highest BCUT2D eigenvalue weighted by Gasteiger charge is 2.19. The van der Waals surface area contributed by atoms with Crippen LogP contribution in [0.5, 0.6) is 0 Å². The molecule has 6 heteroatoms. The summed E-state index contributed by atoms with van der Waals surface area (Å²) < 4.78 is 48.2. The lowest BCUT2D eigenvalue weighted by atomic mass is 10.3. The van der Waals surface area contributed by atoms with Gasteiger partial charge in [-0.25, -0.2) is 17.2 Å². The third-order valence-electron chi connectivity index (χ3n) is 1.69. The van der Waals surface area contributed by atoms with E-state index < -0.39 is 31.4 Å². The number of hydrogen-bond acceptors (Lipinski definition) is 2. The number of sulfone groups is 1. The molecule has 1 aromatic rings. The van der Waals surface area contributed by atoms with Crippen molar-refractivity contribution in [2.24, 2.45) is 0 Å². The van der Waals surface area contributed by atoms with Gasteiger partial charge in [0.2, 0.25) is 0 Å². The minimum absolute atomic E-state index is 0.258. The van der Waals surface area contributed by atoms with Gasteiger partial charge in [-0.3, -0.25) is 0 Å². The van der Waals surface area contributed by atoms with Gasteiger partial charge >= 0.3 is 0 Å². The quantitative estimate of drug-likeness (QED) is 0.588. The number of benzene rings is 1. The van der Waals surface area contributed by atoms with Gasteiger partial charge in [0, 0.05) is 6.07 Å². The minimum Gasteiger partial charge on any atom is -0.224 e. The molecule has 0 aliphatic heterocycles. The van der Waals surface area contributed by atoms with E-state index in [2.05, 4.69) is 0 Å². The fourth-order valence-corrected chi connectivity index (χ4v) is 2.09. The van der Waals surface area contributed by atoms with Crippen LogP contribution in [-0.2, 0) is 9.84 Å². The molecule has 0 heterocycles. The van der Waals surface area contributed by atoms with Crippen LogP contribution in [0.2, 0.25) is 5.02 Å². The van der Waals surface area contributed by atoms with E-state index in [0.29, 0.717) is 6.07 Å². The van der Waals surface area contributed by atoms with Crippen LogP contribution in [0, 0.1) is 11.6 Å². The van der Waals surface area contributed by atoms with Crippen molar-refractivity contribution in [2.75, 3.05) is 5.75 Å². The topological polar surface area (TPSA) is 34.1 Å². The normalized spacial score (nSPS) is 11.7. The van der Waals surface area contributed by atoms with Gasteiger partial charge in [-0.05, 0) is 6.07 Å². The second-order valence-electron chi connectivity index (χ2n) is 2.60. The molecule has 2 nitrogen and oxygen atoms in total. The maximum Gasteiger partial charge on any atom is 0.181 e. The molecule has 0 aromatic heterocycles. The highest BCUT2D eigenvalue weighted by molar-refractivity contribution is 7.91. The van der Waals surface area contributed by atoms with Crippen molar-refractivity contribution < 1.29 is 17.2 Å². The number of halogens is 3. The summed E-state index contributed by atoms with van der Waals surface area (Å²) in [6.45, 7) is 1.37. The molecule has 0 amide bonds. The number of rotatable bonds is 2. The lowest BCUT2D eigenvalue weighted by Crippen LogP contribution is -2.06. The molecule has 0 aliphatic rings. The summed E-state index contributed by atoms with van der Waals surface area (Å²) in [6, 6.07) is 1.25. The molecule has 0 saturated heterocycles. The lowest BCUT2D eigenvalue weighted by Gasteiger charge is -2.03. The van der Waals surface area contributed by atoms with E-state index in [1.165, 1.54) is 6.92 Å². The highest BCUT2D eigenvalue weighted by atomic mass is 35.5. The average Bonchev–Trinajstić information content (AvgIpc) is 2.11. The van der Waals surface area contributed by atoms with Crippen LogP contribution in [0.4, 0.5) is 8.78 Å². The van der Waals surface area contributed by atoms with Gasteiger partial charge in [0.25, 0.3) is 0 Å². The Kier molecular flexibility index (Phi) is 3.11. The Morgan fingerprint density at radius 2 is 1.86 bits per heavy atom.